The number of likely N-dealkylation sites (tertiary alicyclic amines) is 1. The number of rotatable bonds is 2. The summed E-state index contributed by atoms with van der Waals surface area (Å²) in [6.45, 7) is 1.87. The molecular weight excluding hydrogens is 382 g/mol. The predicted octanol–water partition coefficient (Wildman–Crippen LogP) is 3.18. The van der Waals surface area contributed by atoms with E-state index in [4.69, 9.17) is 0 Å². The normalized spacial score (nSPS) is 26.1. The number of hydrogen-bond acceptors (Lipinski definition) is 2. The van der Waals surface area contributed by atoms with Crippen LogP contribution < -0.4 is 5.32 Å². The molecule has 1 aromatic carbocycles. The van der Waals surface area contributed by atoms with Crippen LogP contribution in [0.4, 0.5) is 4.39 Å². The molecule has 0 saturated carbocycles. The molecule has 1 aromatic rings. The molecule has 3 nitrogen and oxygen atoms in total. The van der Waals surface area contributed by atoms with Gasteiger partial charge in [0.05, 0.1) is 5.56 Å². The van der Waals surface area contributed by atoms with E-state index in [1.807, 2.05) is 27.5 Å². The number of halogens is 2. The van der Waals surface area contributed by atoms with Crippen molar-refractivity contribution in [3.63, 3.8) is 0 Å². The second-order valence-electron chi connectivity index (χ2n) is 5.89. The highest BCUT2D eigenvalue weighted by Gasteiger charge is 2.35. The second-order valence-corrected chi connectivity index (χ2v) is 7.05. The van der Waals surface area contributed by atoms with Crippen molar-refractivity contribution in [2.75, 3.05) is 13.1 Å². The van der Waals surface area contributed by atoms with Gasteiger partial charge in [-0.1, -0.05) is 0 Å². The first kappa shape index (κ1) is 15.2. The van der Waals surface area contributed by atoms with Crippen LogP contribution in [0.1, 0.15) is 42.5 Å². The van der Waals surface area contributed by atoms with E-state index in [1.165, 1.54) is 25.0 Å². The summed E-state index contributed by atoms with van der Waals surface area (Å²) in [6, 6.07) is 5.14. The number of carbonyl (C=O) groups excluding carboxylic acids is 1. The van der Waals surface area contributed by atoms with Crippen molar-refractivity contribution in [1.82, 2.24) is 10.2 Å². The van der Waals surface area contributed by atoms with Gasteiger partial charge in [0.2, 0.25) is 0 Å². The van der Waals surface area contributed by atoms with Gasteiger partial charge in [-0.15, -0.1) is 0 Å². The zero-order chi connectivity index (χ0) is 14.8. The molecule has 2 unspecified atom stereocenters. The Balaban J connectivity index is 1.83. The van der Waals surface area contributed by atoms with E-state index in [0.29, 0.717) is 15.2 Å². The minimum absolute atomic E-state index is 0.0535. The van der Waals surface area contributed by atoms with Crippen molar-refractivity contribution in [3.8, 4) is 0 Å². The van der Waals surface area contributed by atoms with Crippen LogP contribution in [-0.2, 0) is 0 Å². The Bertz CT molecular complexity index is 531. The Kier molecular flexibility index (Phi) is 4.78. The maximum atomic E-state index is 13.2. The van der Waals surface area contributed by atoms with E-state index in [-0.39, 0.29) is 17.8 Å². The van der Waals surface area contributed by atoms with Crippen molar-refractivity contribution in [2.24, 2.45) is 0 Å². The molecule has 0 spiro atoms. The van der Waals surface area contributed by atoms with Crippen molar-refractivity contribution < 1.29 is 9.18 Å². The summed E-state index contributed by atoms with van der Waals surface area (Å²) in [6.07, 6.45) is 5.66. The van der Waals surface area contributed by atoms with Gasteiger partial charge in [0, 0.05) is 22.2 Å². The summed E-state index contributed by atoms with van der Waals surface area (Å²) in [4.78, 5) is 14.9. The van der Waals surface area contributed by atoms with E-state index in [9.17, 15) is 9.18 Å². The lowest BCUT2D eigenvalue weighted by Crippen LogP contribution is -2.52. The molecule has 1 amide bonds. The summed E-state index contributed by atoms with van der Waals surface area (Å²) in [5.74, 6) is -0.235. The van der Waals surface area contributed by atoms with Gasteiger partial charge in [0.1, 0.15) is 5.82 Å². The maximum absolute atomic E-state index is 13.2. The van der Waals surface area contributed by atoms with Crippen LogP contribution in [0.25, 0.3) is 0 Å². The first-order valence-corrected chi connectivity index (χ1v) is 8.74. The average molecular weight is 402 g/mol. The highest BCUT2D eigenvalue weighted by Crippen LogP contribution is 2.27. The number of piperidine rings is 1. The first-order valence-electron chi connectivity index (χ1n) is 7.66. The number of amides is 1. The topological polar surface area (TPSA) is 32.3 Å². The minimum atomic E-state index is -0.288. The zero-order valence-electron chi connectivity index (χ0n) is 11.9. The molecule has 2 aliphatic heterocycles. The van der Waals surface area contributed by atoms with E-state index >= 15 is 0 Å². The van der Waals surface area contributed by atoms with Crippen LogP contribution in [0.3, 0.4) is 0 Å². The smallest absolute Gasteiger partial charge is 0.255 e. The summed E-state index contributed by atoms with van der Waals surface area (Å²) in [7, 11) is 0. The van der Waals surface area contributed by atoms with E-state index in [0.717, 1.165) is 32.4 Å². The third-order valence-corrected chi connectivity index (χ3v) is 5.43. The fraction of sp³-hybridized carbons (Fsp3) is 0.562. The summed E-state index contributed by atoms with van der Waals surface area (Å²) in [5, 5.41) is 3.53. The van der Waals surface area contributed by atoms with Crippen LogP contribution in [0.15, 0.2) is 18.2 Å². The standard InChI is InChI=1S/C16H20FIN2O/c17-11-6-7-12(13(18)10-11)16(21)20-9-2-1-5-15(20)14-4-3-8-19-14/h6-7,10,14-15,19H,1-5,8-9H2. The molecule has 3 rings (SSSR count). The SMILES string of the molecule is O=C(c1ccc(F)cc1I)N1CCCCC1C1CCCN1. The Hall–Kier alpha value is -0.690. The molecule has 0 aliphatic carbocycles. The zero-order valence-corrected chi connectivity index (χ0v) is 14.1. The lowest BCUT2D eigenvalue weighted by atomic mass is 9.93. The highest BCUT2D eigenvalue weighted by molar-refractivity contribution is 14.1. The van der Waals surface area contributed by atoms with Crippen LogP contribution >= 0.6 is 22.6 Å². The Morgan fingerprint density at radius 1 is 1.29 bits per heavy atom. The molecule has 2 saturated heterocycles. The Morgan fingerprint density at radius 2 is 2.14 bits per heavy atom. The molecule has 114 valence electrons. The fourth-order valence-electron chi connectivity index (χ4n) is 3.49. The van der Waals surface area contributed by atoms with Crippen molar-refractivity contribution >= 4 is 28.5 Å². The maximum Gasteiger partial charge on any atom is 0.255 e. The molecule has 2 aliphatic rings. The second kappa shape index (κ2) is 6.60. The molecule has 2 fully saturated rings. The lowest BCUT2D eigenvalue weighted by molar-refractivity contribution is 0.0562. The van der Waals surface area contributed by atoms with Crippen LogP contribution in [0.5, 0.6) is 0 Å². The molecule has 0 radical (unpaired) electrons. The molecule has 2 heterocycles. The van der Waals surface area contributed by atoms with Gasteiger partial charge >= 0.3 is 0 Å². The molecule has 1 N–H and O–H groups in total. The largest absolute Gasteiger partial charge is 0.334 e. The Morgan fingerprint density at radius 3 is 2.86 bits per heavy atom. The van der Waals surface area contributed by atoms with E-state index in [2.05, 4.69) is 5.32 Å². The molecule has 5 heteroatoms. The molecular formula is C16H20FIN2O. The molecule has 2 atom stereocenters. The van der Waals surface area contributed by atoms with E-state index < -0.39 is 0 Å². The molecule has 0 aromatic heterocycles. The number of benzene rings is 1. The molecule has 0 bridgehead atoms. The van der Waals surface area contributed by atoms with Crippen molar-refractivity contribution in [3.05, 3.63) is 33.1 Å². The van der Waals surface area contributed by atoms with Gasteiger partial charge < -0.3 is 10.2 Å². The monoisotopic (exact) mass is 402 g/mol. The van der Waals surface area contributed by atoms with Crippen LogP contribution in [0, 0.1) is 9.39 Å². The molecule has 21 heavy (non-hydrogen) atoms. The van der Waals surface area contributed by atoms with Gasteiger partial charge in [-0.05, 0) is 79.4 Å². The predicted molar refractivity (Wildman–Crippen MR) is 88.8 cm³/mol. The number of carbonyl (C=O) groups is 1. The van der Waals surface area contributed by atoms with Crippen LogP contribution in [-0.4, -0.2) is 36.0 Å². The summed E-state index contributed by atoms with van der Waals surface area (Å²) < 4.78 is 13.9. The quantitative estimate of drug-likeness (QED) is 0.771. The third-order valence-electron chi connectivity index (χ3n) is 4.53. The Labute approximate surface area is 138 Å². The summed E-state index contributed by atoms with van der Waals surface area (Å²) in [5.41, 5.74) is 0.627. The summed E-state index contributed by atoms with van der Waals surface area (Å²) >= 11 is 2.05. The van der Waals surface area contributed by atoms with Gasteiger partial charge in [-0.3, -0.25) is 4.79 Å². The minimum Gasteiger partial charge on any atom is -0.334 e. The van der Waals surface area contributed by atoms with Gasteiger partial charge in [-0.2, -0.15) is 0 Å². The number of hydrogen-bond donors (Lipinski definition) is 1. The van der Waals surface area contributed by atoms with Gasteiger partial charge in [-0.25, -0.2) is 4.39 Å². The van der Waals surface area contributed by atoms with Crippen molar-refractivity contribution in [1.29, 1.82) is 0 Å². The highest BCUT2D eigenvalue weighted by atomic mass is 127. The van der Waals surface area contributed by atoms with Gasteiger partial charge in [0.15, 0.2) is 0 Å². The number of nitrogens with zero attached hydrogens (tertiary/aromatic N) is 1. The number of nitrogens with one attached hydrogen (secondary N) is 1. The average Bonchev–Trinajstić information content (AvgIpc) is 3.01. The van der Waals surface area contributed by atoms with Crippen LogP contribution in [0.2, 0.25) is 0 Å². The van der Waals surface area contributed by atoms with E-state index in [1.54, 1.807) is 6.07 Å². The van der Waals surface area contributed by atoms with Gasteiger partial charge in [0.25, 0.3) is 5.91 Å². The third kappa shape index (κ3) is 3.23. The van der Waals surface area contributed by atoms with Crippen molar-refractivity contribution in [2.45, 2.75) is 44.2 Å². The lowest BCUT2D eigenvalue weighted by Gasteiger charge is -2.39. The fourth-order valence-corrected chi connectivity index (χ4v) is 4.19. The first-order chi connectivity index (χ1) is 10.2.